The fraction of sp³-hybridized carbons (Fsp3) is 0.452. The van der Waals surface area contributed by atoms with Crippen LogP contribution in [0.4, 0.5) is 4.79 Å². The number of hydrogen-bond acceptors (Lipinski definition) is 4. The highest BCUT2D eigenvalue weighted by atomic mass is 16.6. The molecule has 0 heterocycles. The molecule has 38 heavy (non-hydrogen) atoms. The molecule has 7 nitrogen and oxygen atoms in total. The summed E-state index contributed by atoms with van der Waals surface area (Å²) >= 11 is 0. The molecule has 2 aromatic carbocycles. The minimum absolute atomic E-state index is 0.267. The first-order valence-corrected chi connectivity index (χ1v) is 12.8. The molecule has 0 aliphatic heterocycles. The van der Waals surface area contributed by atoms with Crippen molar-refractivity contribution in [2.24, 2.45) is 5.92 Å². The summed E-state index contributed by atoms with van der Waals surface area (Å²) in [6.45, 7) is 14.8. The van der Waals surface area contributed by atoms with Crippen LogP contribution in [0.5, 0.6) is 0 Å². The monoisotopic (exact) mass is 519 g/mol. The first-order valence-electron chi connectivity index (χ1n) is 12.8. The van der Waals surface area contributed by atoms with Crippen LogP contribution >= 0.6 is 0 Å². The average molecular weight is 520 g/mol. The maximum atomic E-state index is 14.2. The summed E-state index contributed by atoms with van der Waals surface area (Å²) in [6.07, 6.45) is 4.85. The van der Waals surface area contributed by atoms with Crippen molar-refractivity contribution in [3.8, 4) is 12.3 Å². The van der Waals surface area contributed by atoms with E-state index in [1.54, 1.807) is 49.9 Å². The standard InChI is InChI=1S/C31H41N3O4/c1-10-22-16-18-24(19-17-22)26(27(35)32-20-23-14-12-11-13-15-23)34(30(4,5)6)28(36)25(21(2)3)33-29(37)38-31(7,8)9/h1,11-19,21,25-26H,20H2,2-9H3,(H,32,35)(H,33,37). The minimum Gasteiger partial charge on any atom is -0.444 e. The number of carbonyl (C=O) groups excluding carboxylic acids is 3. The molecule has 0 aliphatic carbocycles. The van der Waals surface area contributed by atoms with Gasteiger partial charge in [-0.05, 0) is 70.7 Å². The van der Waals surface area contributed by atoms with Gasteiger partial charge in [-0.1, -0.05) is 62.2 Å². The Bertz CT molecular complexity index is 1140. The Balaban J connectivity index is 2.52. The van der Waals surface area contributed by atoms with Crippen molar-refractivity contribution in [1.82, 2.24) is 15.5 Å². The zero-order chi connectivity index (χ0) is 28.7. The topological polar surface area (TPSA) is 87.7 Å². The molecule has 0 spiro atoms. The second-order valence-electron chi connectivity index (χ2n) is 11.6. The van der Waals surface area contributed by atoms with E-state index in [9.17, 15) is 14.4 Å². The van der Waals surface area contributed by atoms with E-state index in [2.05, 4.69) is 16.6 Å². The molecule has 3 amide bonds. The average Bonchev–Trinajstić information content (AvgIpc) is 2.82. The third-order valence-electron chi connectivity index (χ3n) is 5.77. The molecule has 0 saturated carbocycles. The van der Waals surface area contributed by atoms with E-state index in [0.29, 0.717) is 17.7 Å². The normalized spacial score (nSPS) is 13.2. The van der Waals surface area contributed by atoms with Gasteiger partial charge >= 0.3 is 6.09 Å². The molecule has 7 heteroatoms. The smallest absolute Gasteiger partial charge is 0.408 e. The number of carbonyl (C=O) groups is 3. The lowest BCUT2D eigenvalue weighted by Gasteiger charge is -2.43. The van der Waals surface area contributed by atoms with Gasteiger partial charge in [-0.15, -0.1) is 6.42 Å². The number of benzene rings is 2. The van der Waals surface area contributed by atoms with Crippen molar-refractivity contribution in [2.75, 3.05) is 0 Å². The minimum atomic E-state index is -0.972. The van der Waals surface area contributed by atoms with Crippen LogP contribution in [0.25, 0.3) is 0 Å². The van der Waals surface area contributed by atoms with E-state index in [-0.39, 0.29) is 17.7 Å². The van der Waals surface area contributed by atoms with Gasteiger partial charge < -0.3 is 20.3 Å². The Kier molecular flexibility index (Phi) is 10.1. The Morgan fingerprint density at radius 2 is 1.53 bits per heavy atom. The number of alkyl carbamates (subject to hydrolysis) is 1. The zero-order valence-corrected chi connectivity index (χ0v) is 23.8. The maximum Gasteiger partial charge on any atom is 0.408 e. The number of terminal acetylenes is 1. The molecule has 0 radical (unpaired) electrons. The number of amides is 3. The fourth-order valence-corrected chi connectivity index (χ4v) is 4.00. The quantitative estimate of drug-likeness (QED) is 0.469. The van der Waals surface area contributed by atoms with E-state index >= 15 is 0 Å². The van der Waals surface area contributed by atoms with Gasteiger partial charge in [0.15, 0.2) is 0 Å². The molecule has 0 fully saturated rings. The van der Waals surface area contributed by atoms with Crippen LogP contribution in [0.2, 0.25) is 0 Å². The van der Waals surface area contributed by atoms with Crippen LogP contribution in [0.1, 0.15) is 78.1 Å². The molecule has 2 atom stereocenters. The SMILES string of the molecule is C#Cc1ccc(C(C(=O)NCc2ccccc2)N(C(=O)C(NC(=O)OC(C)(C)C)C(C)C)C(C)(C)C)cc1. The van der Waals surface area contributed by atoms with E-state index in [1.807, 2.05) is 65.0 Å². The molecular formula is C31H41N3O4. The Labute approximate surface area is 227 Å². The summed E-state index contributed by atoms with van der Waals surface area (Å²) in [5, 5.41) is 5.72. The van der Waals surface area contributed by atoms with Crippen molar-refractivity contribution in [3.05, 3.63) is 71.3 Å². The van der Waals surface area contributed by atoms with Crippen molar-refractivity contribution in [1.29, 1.82) is 0 Å². The number of nitrogens with one attached hydrogen (secondary N) is 2. The van der Waals surface area contributed by atoms with Gasteiger partial charge in [-0.2, -0.15) is 0 Å². The van der Waals surface area contributed by atoms with Crippen LogP contribution in [0.15, 0.2) is 54.6 Å². The van der Waals surface area contributed by atoms with Gasteiger partial charge in [0.25, 0.3) is 0 Å². The Hall–Kier alpha value is -3.79. The Morgan fingerprint density at radius 3 is 2.00 bits per heavy atom. The highest BCUT2D eigenvalue weighted by Crippen LogP contribution is 2.31. The third kappa shape index (κ3) is 8.65. The lowest BCUT2D eigenvalue weighted by atomic mass is 9.92. The molecule has 2 aromatic rings. The van der Waals surface area contributed by atoms with Crippen molar-refractivity contribution < 1.29 is 19.1 Å². The van der Waals surface area contributed by atoms with E-state index in [1.165, 1.54) is 0 Å². The predicted molar refractivity (Wildman–Crippen MR) is 150 cm³/mol. The van der Waals surface area contributed by atoms with E-state index < -0.39 is 29.3 Å². The van der Waals surface area contributed by atoms with Gasteiger partial charge in [-0.25, -0.2) is 4.79 Å². The summed E-state index contributed by atoms with van der Waals surface area (Å²) < 4.78 is 5.42. The predicted octanol–water partition coefficient (Wildman–Crippen LogP) is 5.20. The lowest BCUT2D eigenvalue weighted by Crippen LogP contribution is -2.59. The van der Waals surface area contributed by atoms with Crippen LogP contribution in [-0.4, -0.2) is 40.0 Å². The van der Waals surface area contributed by atoms with Gasteiger partial charge in [0.1, 0.15) is 17.7 Å². The molecule has 0 aliphatic rings. The zero-order valence-electron chi connectivity index (χ0n) is 23.8. The molecule has 0 saturated heterocycles. The molecular weight excluding hydrogens is 478 g/mol. The van der Waals surface area contributed by atoms with Crippen LogP contribution < -0.4 is 10.6 Å². The number of ether oxygens (including phenoxy) is 1. The van der Waals surface area contributed by atoms with Gasteiger partial charge in [0.05, 0.1) is 0 Å². The van der Waals surface area contributed by atoms with Crippen molar-refractivity contribution in [2.45, 2.75) is 85.2 Å². The third-order valence-corrected chi connectivity index (χ3v) is 5.77. The van der Waals surface area contributed by atoms with Crippen LogP contribution in [-0.2, 0) is 20.9 Å². The second-order valence-corrected chi connectivity index (χ2v) is 11.6. The second kappa shape index (κ2) is 12.6. The molecule has 0 bridgehead atoms. The lowest BCUT2D eigenvalue weighted by molar-refractivity contribution is -0.149. The largest absolute Gasteiger partial charge is 0.444 e. The van der Waals surface area contributed by atoms with Crippen molar-refractivity contribution >= 4 is 17.9 Å². The fourth-order valence-electron chi connectivity index (χ4n) is 4.00. The molecule has 2 N–H and O–H groups in total. The summed E-state index contributed by atoms with van der Waals surface area (Å²) in [5.74, 6) is 1.58. The van der Waals surface area contributed by atoms with Crippen molar-refractivity contribution in [3.63, 3.8) is 0 Å². The molecule has 0 aromatic heterocycles. The maximum absolute atomic E-state index is 14.2. The van der Waals surface area contributed by atoms with E-state index in [4.69, 9.17) is 11.2 Å². The highest BCUT2D eigenvalue weighted by Gasteiger charge is 2.42. The number of rotatable bonds is 8. The number of nitrogens with zero attached hydrogens (tertiary/aromatic N) is 1. The summed E-state index contributed by atoms with van der Waals surface area (Å²) in [5.41, 5.74) is 0.703. The Morgan fingerprint density at radius 1 is 0.947 bits per heavy atom. The first kappa shape index (κ1) is 30.4. The molecule has 2 unspecified atom stereocenters. The van der Waals surface area contributed by atoms with Gasteiger partial charge in [0.2, 0.25) is 11.8 Å². The summed E-state index contributed by atoms with van der Waals surface area (Å²) in [4.78, 5) is 42.2. The van der Waals surface area contributed by atoms with Crippen LogP contribution in [0, 0.1) is 18.3 Å². The first-order chi connectivity index (χ1) is 17.6. The molecule has 2 rings (SSSR count). The highest BCUT2D eigenvalue weighted by molar-refractivity contribution is 5.92. The summed E-state index contributed by atoms with van der Waals surface area (Å²) in [7, 11) is 0. The van der Waals surface area contributed by atoms with Crippen LogP contribution in [0.3, 0.4) is 0 Å². The number of hydrogen-bond donors (Lipinski definition) is 2. The summed E-state index contributed by atoms with van der Waals surface area (Å²) in [6, 6.07) is 14.7. The van der Waals surface area contributed by atoms with E-state index in [0.717, 1.165) is 5.56 Å². The van der Waals surface area contributed by atoms with Gasteiger partial charge in [-0.3, -0.25) is 9.59 Å². The molecule has 204 valence electrons. The van der Waals surface area contributed by atoms with Gasteiger partial charge in [0, 0.05) is 17.6 Å².